The zero-order valence-electron chi connectivity index (χ0n) is 9.25. The maximum atomic E-state index is 12.3. The number of sulfonamides is 1. The van der Waals surface area contributed by atoms with Gasteiger partial charge in [-0.15, -0.1) is 0 Å². The number of aromatic amines is 1. The van der Waals surface area contributed by atoms with Gasteiger partial charge in [0.05, 0.1) is 6.20 Å². The third kappa shape index (κ3) is 1.99. The Labute approximate surface area is 99.7 Å². The molecule has 1 aliphatic heterocycles. The summed E-state index contributed by atoms with van der Waals surface area (Å²) in [6.07, 6.45) is 2.78. The van der Waals surface area contributed by atoms with Crippen LogP contribution in [0.1, 0.15) is 13.8 Å². The second kappa shape index (κ2) is 4.38. The van der Waals surface area contributed by atoms with Crippen LogP contribution < -0.4 is 0 Å². The maximum Gasteiger partial charge on any atom is 0.246 e. The number of H-pyrrole nitrogens is 1. The number of rotatable bonds is 2. The predicted octanol–water partition coefficient (Wildman–Crippen LogP) is 0.924. The normalized spacial score (nSPS) is 28.1. The van der Waals surface area contributed by atoms with Gasteiger partial charge < -0.3 is 0 Å². The van der Waals surface area contributed by atoms with Crippen LogP contribution >= 0.6 is 11.8 Å². The number of aromatic nitrogens is 2. The molecule has 0 spiro atoms. The van der Waals surface area contributed by atoms with Crippen molar-refractivity contribution >= 4 is 21.8 Å². The highest BCUT2D eigenvalue weighted by Crippen LogP contribution is 2.28. The summed E-state index contributed by atoms with van der Waals surface area (Å²) in [6, 6.07) is 0.0265. The van der Waals surface area contributed by atoms with Gasteiger partial charge in [0.15, 0.2) is 0 Å². The summed E-state index contributed by atoms with van der Waals surface area (Å²) in [5.41, 5.74) is 0. The molecule has 0 aliphatic carbocycles. The van der Waals surface area contributed by atoms with E-state index < -0.39 is 10.0 Å². The van der Waals surface area contributed by atoms with Gasteiger partial charge in [-0.3, -0.25) is 5.10 Å². The molecule has 1 aliphatic rings. The number of thioether (sulfide) groups is 1. The van der Waals surface area contributed by atoms with E-state index in [4.69, 9.17) is 0 Å². The lowest BCUT2D eigenvalue weighted by atomic mass is 10.2. The standard InChI is InChI=1S/C9H15N3O2S2/c1-7-8(2)15-4-3-12(7)16(13,14)9-5-10-11-6-9/h5-8H,3-4H2,1-2H3,(H,10,11). The van der Waals surface area contributed by atoms with Crippen molar-refractivity contribution in [2.75, 3.05) is 12.3 Å². The largest absolute Gasteiger partial charge is 0.284 e. The summed E-state index contributed by atoms with van der Waals surface area (Å²) in [7, 11) is -3.37. The van der Waals surface area contributed by atoms with E-state index in [1.807, 2.05) is 18.7 Å². The molecule has 1 aromatic rings. The summed E-state index contributed by atoms with van der Waals surface area (Å²) in [6.45, 7) is 4.59. The highest BCUT2D eigenvalue weighted by atomic mass is 32.2. The van der Waals surface area contributed by atoms with Gasteiger partial charge in [0, 0.05) is 29.8 Å². The quantitative estimate of drug-likeness (QED) is 0.860. The van der Waals surface area contributed by atoms with Crippen LogP contribution in [-0.2, 0) is 10.0 Å². The number of nitrogens with one attached hydrogen (secondary N) is 1. The van der Waals surface area contributed by atoms with Gasteiger partial charge in [-0.1, -0.05) is 6.92 Å². The van der Waals surface area contributed by atoms with Gasteiger partial charge >= 0.3 is 0 Å². The molecule has 0 saturated carbocycles. The van der Waals surface area contributed by atoms with Gasteiger partial charge in [-0.25, -0.2) is 8.42 Å². The minimum absolute atomic E-state index is 0.0265. The molecule has 1 aromatic heterocycles. The Balaban J connectivity index is 2.30. The smallest absolute Gasteiger partial charge is 0.246 e. The zero-order valence-corrected chi connectivity index (χ0v) is 10.9. The van der Waals surface area contributed by atoms with Crippen LogP contribution in [0.5, 0.6) is 0 Å². The first-order chi connectivity index (χ1) is 7.53. The van der Waals surface area contributed by atoms with E-state index in [-0.39, 0.29) is 10.9 Å². The lowest BCUT2D eigenvalue weighted by molar-refractivity contribution is 0.340. The molecular weight excluding hydrogens is 246 g/mol. The average molecular weight is 261 g/mol. The highest BCUT2D eigenvalue weighted by molar-refractivity contribution is 8.00. The zero-order chi connectivity index (χ0) is 11.8. The molecule has 2 atom stereocenters. The Morgan fingerprint density at radius 1 is 1.56 bits per heavy atom. The van der Waals surface area contributed by atoms with Gasteiger partial charge in [0.25, 0.3) is 0 Å². The van der Waals surface area contributed by atoms with Gasteiger partial charge in [0.1, 0.15) is 4.90 Å². The third-order valence-electron chi connectivity index (χ3n) is 2.91. The second-order valence-corrected chi connectivity index (χ2v) is 7.24. The van der Waals surface area contributed by atoms with Crippen molar-refractivity contribution in [2.24, 2.45) is 0 Å². The SMILES string of the molecule is CC1SCCN(S(=O)(=O)c2cn[nH]c2)C1C. The van der Waals surface area contributed by atoms with Crippen LogP contribution in [-0.4, -0.2) is 46.5 Å². The van der Waals surface area contributed by atoms with Crippen molar-refractivity contribution in [2.45, 2.75) is 30.0 Å². The minimum atomic E-state index is -3.37. The Kier molecular flexibility index (Phi) is 3.27. The Morgan fingerprint density at radius 2 is 2.31 bits per heavy atom. The minimum Gasteiger partial charge on any atom is -0.284 e. The first-order valence-corrected chi connectivity index (χ1v) is 7.64. The number of hydrogen-bond donors (Lipinski definition) is 1. The molecule has 0 bridgehead atoms. The Hall–Kier alpha value is -0.530. The van der Waals surface area contributed by atoms with Crippen molar-refractivity contribution in [1.82, 2.24) is 14.5 Å². The fraction of sp³-hybridized carbons (Fsp3) is 0.667. The van der Waals surface area contributed by atoms with Crippen LogP contribution in [0.25, 0.3) is 0 Å². The van der Waals surface area contributed by atoms with Gasteiger partial charge in [0.2, 0.25) is 10.0 Å². The summed E-state index contributed by atoms with van der Waals surface area (Å²) >= 11 is 1.81. The van der Waals surface area contributed by atoms with Crippen molar-refractivity contribution in [3.05, 3.63) is 12.4 Å². The lowest BCUT2D eigenvalue weighted by Crippen LogP contribution is -2.47. The topological polar surface area (TPSA) is 66.1 Å². The predicted molar refractivity (Wildman–Crippen MR) is 63.9 cm³/mol. The van der Waals surface area contributed by atoms with E-state index in [2.05, 4.69) is 17.1 Å². The van der Waals surface area contributed by atoms with E-state index in [9.17, 15) is 8.42 Å². The number of nitrogens with zero attached hydrogens (tertiary/aromatic N) is 2. The first-order valence-electron chi connectivity index (χ1n) is 5.15. The molecule has 1 fully saturated rings. The van der Waals surface area contributed by atoms with Crippen molar-refractivity contribution in [3.63, 3.8) is 0 Å². The fourth-order valence-corrected chi connectivity index (χ4v) is 4.66. The maximum absolute atomic E-state index is 12.3. The molecular formula is C9H15N3O2S2. The molecule has 16 heavy (non-hydrogen) atoms. The van der Waals surface area contributed by atoms with E-state index in [0.29, 0.717) is 11.8 Å². The van der Waals surface area contributed by atoms with Crippen LogP contribution in [0.2, 0.25) is 0 Å². The molecule has 2 heterocycles. The van der Waals surface area contributed by atoms with Crippen molar-refractivity contribution < 1.29 is 8.42 Å². The number of hydrogen-bond acceptors (Lipinski definition) is 4. The summed E-state index contributed by atoms with van der Waals surface area (Å²) in [4.78, 5) is 0.249. The van der Waals surface area contributed by atoms with E-state index in [0.717, 1.165) is 5.75 Å². The second-order valence-electron chi connectivity index (χ2n) is 3.87. The van der Waals surface area contributed by atoms with Crippen LogP contribution in [0.4, 0.5) is 0 Å². The average Bonchev–Trinajstić information content (AvgIpc) is 2.75. The molecule has 0 amide bonds. The Morgan fingerprint density at radius 3 is 2.94 bits per heavy atom. The van der Waals surface area contributed by atoms with Crippen molar-refractivity contribution in [1.29, 1.82) is 0 Å². The third-order valence-corrected chi connectivity index (χ3v) is 6.20. The van der Waals surface area contributed by atoms with Gasteiger partial charge in [-0.05, 0) is 6.92 Å². The van der Waals surface area contributed by atoms with Crippen LogP contribution in [0.3, 0.4) is 0 Å². The monoisotopic (exact) mass is 261 g/mol. The van der Waals surface area contributed by atoms with E-state index in [1.54, 1.807) is 4.31 Å². The first kappa shape index (κ1) is 11.9. The van der Waals surface area contributed by atoms with Gasteiger partial charge in [-0.2, -0.15) is 21.2 Å². The lowest BCUT2D eigenvalue weighted by Gasteiger charge is -2.35. The fourth-order valence-electron chi connectivity index (χ4n) is 1.76. The van der Waals surface area contributed by atoms with E-state index >= 15 is 0 Å². The molecule has 2 unspecified atom stereocenters. The Bertz CT molecular complexity index is 443. The highest BCUT2D eigenvalue weighted by Gasteiger charge is 2.35. The molecule has 90 valence electrons. The summed E-state index contributed by atoms with van der Waals surface area (Å²) in [5.74, 6) is 0.850. The molecule has 0 aromatic carbocycles. The van der Waals surface area contributed by atoms with E-state index in [1.165, 1.54) is 12.4 Å². The van der Waals surface area contributed by atoms with Crippen LogP contribution in [0, 0.1) is 0 Å². The van der Waals surface area contributed by atoms with Crippen LogP contribution in [0.15, 0.2) is 17.3 Å². The molecule has 1 N–H and O–H groups in total. The summed E-state index contributed by atoms with van der Waals surface area (Å²) < 4.78 is 26.1. The molecule has 0 radical (unpaired) electrons. The molecule has 1 saturated heterocycles. The van der Waals surface area contributed by atoms with Crippen molar-refractivity contribution in [3.8, 4) is 0 Å². The molecule has 5 nitrogen and oxygen atoms in total. The summed E-state index contributed by atoms with van der Waals surface area (Å²) in [5, 5.41) is 6.56. The molecule has 7 heteroatoms. The molecule has 2 rings (SSSR count).